The molecule has 3 nitrogen and oxygen atoms in total. The van der Waals surface area contributed by atoms with Gasteiger partial charge >= 0.3 is 0 Å². The second kappa shape index (κ2) is 11.8. The monoisotopic (exact) mass is 368 g/mol. The van der Waals surface area contributed by atoms with E-state index in [0.717, 1.165) is 13.1 Å². The second-order valence-electron chi connectivity index (χ2n) is 7.51. The molecule has 2 aromatic carbocycles. The second-order valence-corrected chi connectivity index (χ2v) is 7.51. The Hall–Kier alpha value is -1.84. The van der Waals surface area contributed by atoms with Crippen LogP contribution in [0.5, 0.6) is 0 Å². The quantitative estimate of drug-likeness (QED) is 0.700. The number of unbranched alkanes of at least 4 members (excludes halogenated alkanes) is 2. The Kier molecular flexibility index (Phi) is 9.37. The van der Waals surface area contributed by atoms with Gasteiger partial charge in [0.2, 0.25) is 0 Å². The van der Waals surface area contributed by atoms with Gasteiger partial charge in [0.1, 0.15) is 0 Å². The third-order valence-electron chi connectivity index (χ3n) is 5.37. The first kappa shape index (κ1) is 21.5. The smallest absolute Gasteiger partial charge is 0.0558 e. The molecular weight excluding hydrogens is 332 g/mol. The third kappa shape index (κ3) is 7.00. The molecule has 0 atom stereocenters. The minimum absolute atomic E-state index is 0.280. The van der Waals surface area contributed by atoms with E-state index in [0.29, 0.717) is 6.04 Å². The van der Waals surface area contributed by atoms with Gasteiger partial charge in [-0.05, 0) is 56.1 Å². The number of hydrogen-bond acceptors (Lipinski definition) is 3. The maximum atomic E-state index is 8.55. The van der Waals surface area contributed by atoms with Crippen LogP contribution in [0.4, 0.5) is 5.69 Å². The third-order valence-corrected chi connectivity index (χ3v) is 5.37. The van der Waals surface area contributed by atoms with Crippen LogP contribution in [0.2, 0.25) is 0 Å². The maximum absolute atomic E-state index is 8.55. The SMILES string of the molecule is CCCCCN(C)CCO.CN(c1ccccc1)C1Cc2ccccc2C1. The lowest BCUT2D eigenvalue weighted by atomic mass is 10.1. The van der Waals surface area contributed by atoms with Crippen molar-refractivity contribution in [1.29, 1.82) is 0 Å². The molecule has 0 saturated carbocycles. The van der Waals surface area contributed by atoms with Crippen molar-refractivity contribution in [2.24, 2.45) is 0 Å². The highest BCUT2D eigenvalue weighted by Gasteiger charge is 2.24. The molecule has 0 aliphatic heterocycles. The van der Waals surface area contributed by atoms with Crippen molar-refractivity contribution in [3.8, 4) is 0 Å². The number of likely N-dealkylation sites (N-methyl/N-ethyl adjacent to an activating group) is 2. The average molecular weight is 369 g/mol. The van der Waals surface area contributed by atoms with Crippen LogP contribution in [0.3, 0.4) is 0 Å². The van der Waals surface area contributed by atoms with Crippen molar-refractivity contribution in [1.82, 2.24) is 4.90 Å². The molecule has 27 heavy (non-hydrogen) atoms. The maximum Gasteiger partial charge on any atom is 0.0558 e. The molecule has 0 saturated heterocycles. The van der Waals surface area contributed by atoms with Crippen LogP contribution in [-0.4, -0.2) is 49.8 Å². The number of para-hydroxylation sites is 1. The van der Waals surface area contributed by atoms with E-state index >= 15 is 0 Å². The molecule has 148 valence electrons. The van der Waals surface area contributed by atoms with Gasteiger partial charge < -0.3 is 14.9 Å². The van der Waals surface area contributed by atoms with E-state index in [1.807, 2.05) is 7.05 Å². The largest absolute Gasteiger partial charge is 0.395 e. The molecule has 0 spiro atoms. The molecule has 0 bridgehead atoms. The van der Waals surface area contributed by atoms with Gasteiger partial charge in [-0.25, -0.2) is 0 Å². The summed E-state index contributed by atoms with van der Waals surface area (Å²) in [5, 5.41) is 8.55. The van der Waals surface area contributed by atoms with Crippen LogP contribution < -0.4 is 4.90 Å². The predicted molar refractivity (Wildman–Crippen MR) is 117 cm³/mol. The van der Waals surface area contributed by atoms with Gasteiger partial charge in [-0.15, -0.1) is 0 Å². The standard InChI is InChI=1S/C16H17N.C8H19NO/c1-17(15-9-3-2-4-10-15)16-11-13-7-5-6-8-14(13)12-16;1-3-4-5-6-9(2)7-8-10/h2-10,16H,11-12H2,1H3;10H,3-8H2,1-2H3. The molecule has 1 aliphatic carbocycles. The zero-order valence-electron chi connectivity index (χ0n) is 17.3. The first-order chi connectivity index (χ1) is 13.2. The zero-order chi connectivity index (χ0) is 19.5. The lowest BCUT2D eigenvalue weighted by molar-refractivity contribution is 0.219. The number of rotatable bonds is 8. The molecule has 0 aromatic heterocycles. The summed E-state index contributed by atoms with van der Waals surface area (Å²) in [5.41, 5.74) is 4.34. The average Bonchev–Trinajstić information content (AvgIpc) is 3.13. The fourth-order valence-corrected chi connectivity index (χ4v) is 3.60. The summed E-state index contributed by atoms with van der Waals surface area (Å²) in [7, 11) is 4.25. The highest BCUT2D eigenvalue weighted by atomic mass is 16.3. The lowest BCUT2D eigenvalue weighted by Crippen LogP contribution is -2.31. The number of aliphatic hydroxyl groups excluding tert-OH is 1. The first-order valence-corrected chi connectivity index (χ1v) is 10.3. The summed E-state index contributed by atoms with van der Waals surface area (Å²) < 4.78 is 0. The van der Waals surface area contributed by atoms with Crippen molar-refractivity contribution < 1.29 is 5.11 Å². The molecule has 0 fully saturated rings. The summed E-state index contributed by atoms with van der Waals surface area (Å²) in [6.07, 6.45) is 6.17. The molecule has 2 aromatic rings. The molecule has 1 N–H and O–H groups in total. The van der Waals surface area contributed by atoms with Crippen LogP contribution in [-0.2, 0) is 12.8 Å². The van der Waals surface area contributed by atoms with Gasteiger partial charge in [0.05, 0.1) is 6.61 Å². The number of hydrogen-bond donors (Lipinski definition) is 1. The summed E-state index contributed by atoms with van der Waals surface area (Å²) in [6, 6.07) is 20.1. The Morgan fingerprint density at radius 1 is 0.852 bits per heavy atom. The fourth-order valence-electron chi connectivity index (χ4n) is 3.60. The molecule has 0 amide bonds. The van der Waals surface area contributed by atoms with Crippen LogP contribution in [0.1, 0.15) is 37.3 Å². The number of aliphatic hydroxyl groups is 1. The van der Waals surface area contributed by atoms with E-state index in [1.54, 1.807) is 0 Å². The topological polar surface area (TPSA) is 26.7 Å². The molecule has 1 aliphatic rings. The van der Waals surface area contributed by atoms with Gasteiger partial charge in [-0.1, -0.05) is 62.2 Å². The number of nitrogens with zero attached hydrogens (tertiary/aromatic N) is 2. The fraction of sp³-hybridized carbons (Fsp3) is 0.500. The van der Waals surface area contributed by atoms with E-state index in [2.05, 4.69) is 78.4 Å². The van der Waals surface area contributed by atoms with E-state index in [4.69, 9.17) is 5.11 Å². The molecule has 3 rings (SSSR count). The zero-order valence-corrected chi connectivity index (χ0v) is 17.3. The summed E-state index contributed by atoms with van der Waals surface area (Å²) >= 11 is 0. The Bertz CT molecular complexity index is 619. The Labute approximate surface area is 165 Å². The van der Waals surface area contributed by atoms with Crippen LogP contribution in [0.25, 0.3) is 0 Å². The molecule has 3 heteroatoms. The Morgan fingerprint density at radius 3 is 2.00 bits per heavy atom. The van der Waals surface area contributed by atoms with Gasteiger partial charge in [-0.2, -0.15) is 0 Å². The van der Waals surface area contributed by atoms with Gasteiger partial charge in [-0.3, -0.25) is 0 Å². The highest BCUT2D eigenvalue weighted by Crippen LogP contribution is 2.27. The molecule has 0 radical (unpaired) electrons. The van der Waals surface area contributed by atoms with Crippen molar-refractivity contribution in [3.63, 3.8) is 0 Å². The van der Waals surface area contributed by atoms with Gasteiger partial charge in [0, 0.05) is 25.3 Å². The normalized spacial score (nSPS) is 13.2. The van der Waals surface area contributed by atoms with Crippen LogP contribution in [0.15, 0.2) is 54.6 Å². The number of anilines is 1. The highest BCUT2D eigenvalue weighted by molar-refractivity contribution is 5.48. The minimum Gasteiger partial charge on any atom is -0.395 e. The van der Waals surface area contributed by atoms with Crippen LogP contribution >= 0.6 is 0 Å². The van der Waals surface area contributed by atoms with Gasteiger partial charge in [0.15, 0.2) is 0 Å². The van der Waals surface area contributed by atoms with Crippen molar-refractivity contribution in [2.45, 2.75) is 45.1 Å². The molecule has 0 heterocycles. The number of benzene rings is 2. The summed E-state index contributed by atoms with van der Waals surface area (Å²) in [5.74, 6) is 0. The van der Waals surface area contributed by atoms with E-state index in [9.17, 15) is 0 Å². The Balaban J connectivity index is 0.000000227. The minimum atomic E-state index is 0.280. The van der Waals surface area contributed by atoms with Crippen molar-refractivity contribution in [2.75, 3.05) is 38.7 Å². The van der Waals surface area contributed by atoms with E-state index in [-0.39, 0.29) is 6.61 Å². The number of fused-ring (bicyclic) bond motifs is 1. The van der Waals surface area contributed by atoms with Gasteiger partial charge in [0.25, 0.3) is 0 Å². The summed E-state index contributed by atoms with van der Waals surface area (Å²) in [6.45, 7) is 4.41. The van der Waals surface area contributed by atoms with E-state index in [1.165, 1.54) is 48.9 Å². The van der Waals surface area contributed by atoms with Crippen molar-refractivity contribution >= 4 is 5.69 Å². The lowest BCUT2D eigenvalue weighted by Gasteiger charge is -2.26. The van der Waals surface area contributed by atoms with Crippen molar-refractivity contribution in [3.05, 3.63) is 65.7 Å². The molecule has 0 unspecified atom stereocenters. The Morgan fingerprint density at radius 2 is 1.44 bits per heavy atom. The predicted octanol–water partition coefficient (Wildman–Crippen LogP) is 4.39. The molecular formula is C24H36N2O. The summed E-state index contributed by atoms with van der Waals surface area (Å²) in [4.78, 5) is 4.57. The van der Waals surface area contributed by atoms with Crippen LogP contribution in [0, 0.1) is 0 Å². The van der Waals surface area contributed by atoms with E-state index < -0.39 is 0 Å². The first-order valence-electron chi connectivity index (χ1n) is 10.3.